The molecule has 0 radical (unpaired) electrons. The molecule has 0 saturated heterocycles. The first-order valence-corrected chi connectivity index (χ1v) is 8.00. The monoisotopic (exact) mass is 317 g/mol. The summed E-state index contributed by atoms with van der Waals surface area (Å²) in [6, 6.07) is 8.88. The lowest BCUT2D eigenvalue weighted by atomic mass is 10.1. The van der Waals surface area contributed by atoms with Crippen LogP contribution < -0.4 is 0 Å². The number of aldehydes is 1. The second-order valence-electron chi connectivity index (χ2n) is 4.43. The summed E-state index contributed by atoms with van der Waals surface area (Å²) < 4.78 is 0. The summed E-state index contributed by atoms with van der Waals surface area (Å²) in [5.74, 6) is 0.437. The molecule has 0 spiro atoms. The fourth-order valence-electron chi connectivity index (χ4n) is 1.94. The Hall–Kier alpha value is -2.05. The minimum atomic E-state index is -0.125. The van der Waals surface area contributed by atoms with Gasteiger partial charge in [-0.1, -0.05) is 6.07 Å². The summed E-state index contributed by atoms with van der Waals surface area (Å²) in [7, 11) is 0. The number of fused-ring (bicyclic) bond motifs is 1. The number of rotatable bonds is 4. The van der Waals surface area contributed by atoms with E-state index in [1.807, 2.05) is 23.6 Å². The van der Waals surface area contributed by atoms with Crippen molar-refractivity contribution in [3.05, 3.63) is 46.4 Å². The first-order valence-electron chi connectivity index (χ1n) is 6.14. The van der Waals surface area contributed by atoms with E-state index in [4.69, 9.17) is 0 Å². The molecule has 0 aliphatic heterocycles. The molecule has 2 N–H and O–H groups in total. The zero-order valence-electron chi connectivity index (χ0n) is 10.8. The van der Waals surface area contributed by atoms with Crippen LogP contribution in [0.3, 0.4) is 0 Å². The summed E-state index contributed by atoms with van der Waals surface area (Å²) >= 11 is 2.94. The number of phenols is 2. The van der Waals surface area contributed by atoms with E-state index in [1.165, 1.54) is 17.4 Å². The molecule has 0 atom stereocenters. The van der Waals surface area contributed by atoms with Crippen LogP contribution in [0, 0.1) is 0 Å². The molecule has 3 rings (SSSR count). The molecule has 0 fully saturated rings. The van der Waals surface area contributed by atoms with Crippen molar-refractivity contribution in [1.29, 1.82) is 0 Å². The third kappa shape index (κ3) is 3.01. The fraction of sp³-hybridized carbons (Fsp3) is 0.0667. The zero-order valence-corrected chi connectivity index (χ0v) is 12.4. The van der Waals surface area contributed by atoms with Gasteiger partial charge in [0.05, 0.1) is 5.69 Å². The summed E-state index contributed by atoms with van der Waals surface area (Å²) in [5, 5.41) is 23.1. The molecule has 0 unspecified atom stereocenters. The van der Waals surface area contributed by atoms with E-state index in [0.717, 1.165) is 27.6 Å². The Morgan fingerprint density at radius 3 is 2.62 bits per heavy atom. The van der Waals surface area contributed by atoms with Gasteiger partial charge in [0.2, 0.25) is 0 Å². The molecule has 4 nitrogen and oxygen atoms in total. The molecule has 1 heterocycles. The maximum Gasteiger partial charge on any atom is 0.178 e. The molecule has 0 aliphatic rings. The first-order chi connectivity index (χ1) is 10.2. The predicted molar refractivity (Wildman–Crippen MR) is 84.3 cm³/mol. The topological polar surface area (TPSA) is 70.4 Å². The molecule has 106 valence electrons. The number of phenolic OH excluding ortho intramolecular Hbond substituents is 2. The molecule has 21 heavy (non-hydrogen) atoms. The van der Waals surface area contributed by atoms with Crippen LogP contribution in [0.15, 0.2) is 40.6 Å². The van der Waals surface area contributed by atoms with Gasteiger partial charge in [-0.25, -0.2) is 4.98 Å². The van der Waals surface area contributed by atoms with Gasteiger partial charge < -0.3 is 10.2 Å². The van der Waals surface area contributed by atoms with E-state index in [-0.39, 0.29) is 11.5 Å². The Kier molecular flexibility index (Phi) is 3.81. The number of aromatic nitrogens is 1. The lowest BCUT2D eigenvalue weighted by molar-refractivity contribution is 0.112. The van der Waals surface area contributed by atoms with Crippen molar-refractivity contribution in [2.24, 2.45) is 0 Å². The van der Waals surface area contributed by atoms with Gasteiger partial charge in [0.1, 0.15) is 0 Å². The normalized spacial score (nSPS) is 10.9. The van der Waals surface area contributed by atoms with E-state index in [2.05, 4.69) is 4.98 Å². The van der Waals surface area contributed by atoms with E-state index < -0.39 is 0 Å². The predicted octanol–water partition coefficient (Wildman–Crippen LogP) is 3.81. The summed E-state index contributed by atoms with van der Waals surface area (Å²) in [5.41, 5.74) is 0.876. The van der Waals surface area contributed by atoms with E-state index >= 15 is 0 Å². The number of thiazole rings is 1. The van der Waals surface area contributed by atoms with Crippen molar-refractivity contribution in [3.8, 4) is 11.5 Å². The van der Waals surface area contributed by atoms with Crippen molar-refractivity contribution < 1.29 is 15.0 Å². The SMILES string of the molecule is O=Cc1nc(CSc2ccc3cc(O)c(O)cc3c2)cs1. The Balaban J connectivity index is 1.80. The molecule has 0 amide bonds. The smallest absolute Gasteiger partial charge is 0.178 e. The number of thioether (sulfide) groups is 1. The number of carbonyl (C=O) groups excluding carboxylic acids is 1. The Labute approximate surface area is 129 Å². The van der Waals surface area contributed by atoms with Crippen molar-refractivity contribution >= 4 is 40.2 Å². The van der Waals surface area contributed by atoms with Crippen LogP contribution in [-0.2, 0) is 5.75 Å². The molecule has 6 heteroatoms. The van der Waals surface area contributed by atoms with Gasteiger partial charge in [0.25, 0.3) is 0 Å². The average molecular weight is 317 g/mol. The van der Waals surface area contributed by atoms with Crippen molar-refractivity contribution in [3.63, 3.8) is 0 Å². The molecular weight excluding hydrogens is 306 g/mol. The van der Waals surface area contributed by atoms with Crippen LogP contribution in [0.5, 0.6) is 11.5 Å². The quantitative estimate of drug-likeness (QED) is 0.435. The van der Waals surface area contributed by atoms with Crippen molar-refractivity contribution in [1.82, 2.24) is 4.98 Å². The van der Waals surface area contributed by atoms with Crippen LogP contribution in [0.4, 0.5) is 0 Å². The molecular formula is C15H11NO3S2. The maximum absolute atomic E-state index is 10.6. The average Bonchev–Trinajstić information content (AvgIpc) is 2.94. The Morgan fingerprint density at radius 1 is 1.14 bits per heavy atom. The van der Waals surface area contributed by atoms with Gasteiger partial charge in [0.15, 0.2) is 22.8 Å². The van der Waals surface area contributed by atoms with Gasteiger partial charge in [-0.15, -0.1) is 23.1 Å². The minimum Gasteiger partial charge on any atom is -0.504 e. The van der Waals surface area contributed by atoms with Crippen molar-refractivity contribution in [2.75, 3.05) is 0 Å². The number of carbonyl (C=O) groups is 1. The van der Waals surface area contributed by atoms with Gasteiger partial charge in [0, 0.05) is 16.0 Å². The molecule has 0 saturated carbocycles. The van der Waals surface area contributed by atoms with Crippen LogP contribution in [0.25, 0.3) is 10.8 Å². The number of hydrogen-bond acceptors (Lipinski definition) is 6. The van der Waals surface area contributed by atoms with Crippen LogP contribution in [0.1, 0.15) is 15.5 Å². The number of aromatic hydroxyl groups is 2. The Morgan fingerprint density at radius 2 is 1.90 bits per heavy atom. The maximum atomic E-state index is 10.6. The van der Waals surface area contributed by atoms with E-state index in [0.29, 0.717) is 10.8 Å². The largest absolute Gasteiger partial charge is 0.504 e. The fourth-order valence-corrected chi connectivity index (χ4v) is 3.50. The van der Waals surface area contributed by atoms with Crippen LogP contribution in [-0.4, -0.2) is 21.5 Å². The third-order valence-electron chi connectivity index (χ3n) is 2.96. The first kappa shape index (κ1) is 13.9. The second kappa shape index (κ2) is 5.75. The van der Waals surface area contributed by atoms with Gasteiger partial charge in [-0.05, 0) is 35.0 Å². The highest BCUT2D eigenvalue weighted by molar-refractivity contribution is 7.98. The number of nitrogens with zero attached hydrogens (tertiary/aromatic N) is 1. The number of hydrogen-bond donors (Lipinski definition) is 2. The molecule has 1 aromatic heterocycles. The minimum absolute atomic E-state index is 0.119. The summed E-state index contributed by atoms with van der Waals surface area (Å²) in [6.45, 7) is 0. The summed E-state index contributed by atoms with van der Waals surface area (Å²) in [6.07, 6.45) is 0.754. The zero-order chi connectivity index (χ0) is 14.8. The molecule has 3 aromatic rings. The van der Waals surface area contributed by atoms with Gasteiger partial charge in [-0.3, -0.25) is 4.79 Å². The molecule has 2 aromatic carbocycles. The van der Waals surface area contributed by atoms with E-state index in [1.54, 1.807) is 17.8 Å². The van der Waals surface area contributed by atoms with Gasteiger partial charge >= 0.3 is 0 Å². The lowest BCUT2D eigenvalue weighted by Gasteiger charge is -2.05. The second-order valence-corrected chi connectivity index (χ2v) is 6.37. The Bertz CT molecular complexity index is 814. The highest BCUT2D eigenvalue weighted by atomic mass is 32.2. The van der Waals surface area contributed by atoms with Crippen LogP contribution in [0.2, 0.25) is 0 Å². The standard InChI is InChI=1S/C15H11NO3S2/c17-6-15-16-11(8-21-15)7-20-12-2-1-9-4-13(18)14(19)5-10(9)3-12/h1-6,8,18-19H,7H2. The van der Waals surface area contributed by atoms with Gasteiger partial charge in [-0.2, -0.15) is 0 Å². The summed E-state index contributed by atoms with van der Waals surface area (Å²) in [4.78, 5) is 15.8. The highest BCUT2D eigenvalue weighted by Gasteiger charge is 2.05. The number of benzene rings is 2. The molecule has 0 bridgehead atoms. The highest BCUT2D eigenvalue weighted by Crippen LogP contribution is 2.33. The lowest BCUT2D eigenvalue weighted by Crippen LogP contribution is -1.83. The molecule has 0 aliphatic carbocycles. The van der Waals surface area contributed by atoms with Crippen molar-refractivity contribution in [2.45, 2.75) is 10.6 Å². The third-order valence-corrected chi connectivity index (χ3v) is 4.81. The van der Waals surface area contributed by atoms with Crippen LogP contribution >= 0.6 is 23.1 Å². The van der Waals surface area contributed by atoms with E-state index in [9.17, 15) is 15.0 Å².